The van der Waals surface area contributed by atoms with Gasteiger partial charge >= 0.3 is 0 Å². The number of hydrogen-bond donors (Lipinski definition) is 0. The Morgan fingerprint density at radius 3 is 2.62 bits per heavy atom. The Morgan fingerprint density at radius 1 is 1.38 bits per heavy atom. The lowest BCUT2D eigenvalue weighted by molar-refractivity contribution is -0.163. The van der Waals surface area contributed by atoms with Gasteiger partial charge in [0.2, 0.25) is 0 Å². The number of carbonyl (C=O) groups is 1. The van der Waals surface area contributed by atoms with Gasteiger partial charge in [0.25, 0.3) is 0 Å². The van der Waals surface area contributed by atoms with Crippen LogP contribution in [-0.4, -0.2) is 25.1 Å². The van der Waals surface area contributed by atoms with Crippen LogP contribution in [0.25, 0.3) is 0 Å². The highest BCUT2D eigenvalue weighted by Gasteiger charge is 2.40. The van der Waals surface area contributed by atoms with Crippen molar-refractivity contribution in [1.82, 2.24) is 0 Å². The van der Waals surface area contributed by atoms with E-state index in [2.05, 4.69) is 0 Å². The number of benzene rings is 1. The van der Waals surface area contributed by atoms with Crippen molar-refractivity contribution in [3.63, 3.8) is 0 Å². The molecule has 16 heavy (non-hydrogen) atoms. The van der Waals surface area contributed by atoms with E-state index in [1.54, 1.807) is 0 Å². The largest absolute Gasteiger partial charge is 0.371 e. The van der Waals surface area contributed by atoms with Crippen molar-refractivity contribution in [1.29, 1.82) is 0 Å². The second kappa shape index (κ2) is 4.95. The Morgan fingerprint density at radius 2 is 2.06 bits per heavy atom. The number of ketones is 1. The molecule has 0 radical (unpaired) electrons. The Labute approximate surface area is 99.3 Å². The number of methoxy groups -OCH3 is 1. The lowest BCUT2D eigenvalue weighted by Crippen LogP contribution is -2.49. The predicted molar refractivity (Wildman–Crippen MR) is 60.5 cm³/mol. The molecule has 1 aliphatic carbocycles. The molecular formula is C12H13ClO3. The third-order valence-electron chi connectivity index (χ3n) is 2.69. The summed E-state index contributed by atoms with van der Waals surface area (Å²) in [6, 6.07) is 7.45. The Bertz CT molecular complexity index is 374. The minimum absolute atomic E-state index is 0.104. The molecule has 0 saturated heterocycles. The topological polar surface area (TPSA) is 35.5 Å². The monoisotopic (exact) mass is 240 g/mol. The molecule has 1 aliphatic rings. The third kappa shape index (κ3) is 2.43. The first kappa shape index (κ1) is 11.6. The van der Waals surface area contributed by atoms with Gasteiger partial charge in [0.15, 0.2) is 5.78 Å². The number of ether oxygens (including phenoxy) is 2. The Kier molecular flexibility index (Phi) is 3.59. The molecule has 1 aromatic rings. The number of hydrogen-bond acceptors (Lipinski definition) is 3. The molecule has 1 fully saturated rings. The minimum Gasteiger partial charge on any atom is -0.371 e. The summed E-state index contributed by atoms with van der Waals surface area (Å²) >= 11 is 5.77. The maximum absolute atomic E-state index is 11.1. The van der Waals surface area contributed by atoms with Gasteiger partial charge in [-0.05, 0) is 17.7 Å². The standard InChI is InChI=1S/C12H13ClO3/c1-15-12-10(14)6-11(12)16-7-8-2-4-9(13)5-3-8/h2-5,11-12H,6-7H2,1H3. The molecule has 0 spiro atoms. The molecule has 1 aromatic carbocycles. The maximum Gasteiger partial charge on any atom is 0.166 e. The lowest BCUT2D eigenvalue weighted by atomic mass is 9.90. The summed E-state index contributed by atoms with van der Waals surface area (Å²) in [5.41, 5.74) is 1.04. The molecule has 0 aromatic heterocycles. The number of Topliss-reactive ketones (excluding diaryl/α,β-unsaturated/α-hetero) is 1. The fourth-order valence-electron chi connectivity index (χ4n) is 1.68. The zero-order chi connectivity index (χ0) is 11.5. The summed E-state index contributed by atoms with van der Waals surface area (Å²) in [5, 5.41) is 0.706. The second-order valence-electron chi connectivity index (χ2n) is 3.80. The van der Waals surface area contributed by atoms with Crippen molar-refractivity contribution < 1.29 is 14.3 Å². The molecular weight excluding hydrogens is 228 g/mol. The number of carbonyl (C=O) groups excluding carboxylic acids is 1. The molecule has 0 bridgehead atoms. The lowest BCUT2D eigenvalue weighted by Gasteiger charge is -2.33. The summed E-state index contributed by atoms with van der Waals surface area (Å²) in [4.78, 5) is 11.1. The van der Waals surface area contributed by atoms with Crippen LogP contribution in [-0.2, 0) is 20.9 Å². The van der Waals surface area contributed by atoms with Crippen LogP contribution in [0.5, 0.6) is 0 Å². The van der Waals surface area contributed by atoms with E-state index in [4.69, 9.17) is 21.1 Å². The van der Waals surface area contributed by atoms with E-state index in [1.807, 2.05) is 24.3 Å². The smallest absolute Gasteiger partial charge is 0.166 e. The van der Waals surface area contributed by atoms with E-state index in [-0.39, 0.29) is 18.0 Å². The summed E-state index contributed by atoms with van der Waals surface area (Å²) in [7, 11) is 1.53. The van der Waals surface area contributed by atoms with Crippen LogP contribution < -0.4 is 0 Å². The highest BCUT2D eigenvalue weighted by atomic mass is 35.5. The molecule has 1 saturated carbocycles. The van der Waals surface area contributed by atoms with E-state index in [0.29, 0.717) is 18.1 Å². The van der Waals surface area contributed by atoms with Crippen LogP contribution in [0.1, 0.15) is 12.0 Å². The zero-order valence-corrected chi connectivity index (χ0v) is 9.74. The Hall–Kier alpha value is -0.900. The van der Waals surface area contributed by atoms with Crippen molar-refractivity contribution >= 4 is 17.4 Å². The number of rotatable bonds is 4. The third-order valence-corrected chi connectivity index (χ3v) is 2.94. The first-order valence-electron chi connectivity index (χ1n) is 5.12. The zero-order valence-electron chi connectivity index (χ0n) is 8.98. The van der Waals surface area contributed by atoms with Crippen LogP contribution >= 0.6 is 11.6 Å². The quantitative estimate of drug-likeness (QED) is 0.810. The van der Waals surface area contributed by atoms with E-state index in [0.717, 1.165) is 5.56 Å². The molecule has 2 rings (SSSR count). The molecule has 0 N–H and O–H groups in total. The van der Waals surface area contributed by atoms with Gasteiger partial charge in [-0.15, -0.1) is 0 Å². The van der Waals surface area contributed by atoms with Gasteiger partial charge in [-0.2, -0.15) is 0 Å². The van der Waals surface area contributed by atoms with Gasteiger partial charge in [0, 0.05) is 18.6 Å². The van der Waals surface area contributed by atoms with Gasteiger partial charge in [-0.25, -0.2) is 0 Å². The van der Waals surface area contributed by atoms with Crippen molar-refractivity contribution in [2.24, 2.45) is 0 Å². The summed E-state index contributed by atoms with van der Waals surface area (Å²) in [6.45, 7) is 0.481. The molecule has 0 aliphatic heterocycles. The average molecular weight is 241 g/mol. The fraction of sp³-hybridized carbons (Fsp3) is 0.417. The van der Waals surface area contributed by atoms with Gasteiger partial charge in [-0.3, -0.25) is 4.79 Å². The first-order chi connectivity index (χ1) is 7.70. The average Bonchev–Trinajstić information content (AvgIpc) is 2.26. The second-order valence-corrected chi connectivity index (χ2v) is 4.24. The van der Waals surface area contributed by atoms with E-state index in [1.165, 1.54) is 7.11 Å². The Balaban J connectivity index is 1.84. The van der Waals surface area contributed by atoms with Crippen LogP contribution in [0, 0.1) is 0 Å². The summed E-state index contributed by atoms with van der Waals surface area (Å²) in [5.74, 6) is 0.114. The first-order valence-corrected chi connectivity index (χ1v) is 5.50. The molecule has 3 nitrogen and oxygen atoms in total. The van der Waals surface area contributed by atoms with Gasteiger partial charge in [-0.1, -0.05) is 23.7 Å². The van der Waals surface area contributed by atoms with Crippen molar-refractivity contribution in [2.45, 2.75) is 25.2 Å². The SMILES string of the molecule is COC1C(=O)CC1OCc1ccc(Cl)cc1. The van der Waals surface area contributed by atoms with Gasteiger partial charge < -0.3 is 9.47 Å². The highest BCUT2D eigenvalue weighted by Crippen LogP contribution is 2.23. The van der Waals surface area contributed by atoms with E-state index in [9.17, 15) is 4.79 Å². The molecule has 86 valence electrons. The highest BCUT2D eigenvalue weighted by molar-refractivity contribution is 6.30. The van der Waals surface area contributed by atoms with Crippen LogP contribution in [0.4, 0.5) is 0 Å². The van der Waals surface area contributed by atoms with Crippen molar-refractivity contribution in [2.75, 3.05) is 7.11 Å². The van der Waals surface area contributed by atoms with Crippen molar-refractivity contribution in [3.05, 3.63) is 34.9 Å². The van der Waals surface area contributed by atoms with Crippen LogP contribution in [0.3, 0.4) is 0 Å². The molecule has 4 heteroatoms. The van der Waals surface area contributed by atoms with Crippen molar-refractivity contribution in [3.8, 4) is 0 Å². The minimum atomic E-state index is -0.382. The number of halogens is 1. The molecule has 0 heterocycles. The van der Waals surface area contributed by atoms with E-state index >= 15 is 0 Å². The van der Waals surface area contributed by atoms with Crippen LogP contribution in [0.2, 0.25) is 5.02 Å². The molecule has 2 unspecified atom stereocenters. The molecule has 0 amide bonds. The summed E-state index contributed by atoms with van der Waals surface area (Å²) < 4.78 is 10.6. The van der Waals surface area contributed by atoms with E-state index < -0.39 is 0 Å². The normalized spacial score (nSPS) is 24.2. The van der Waals surface area contributed by atoms with Gasteiger partial charge in [0.1, 0.15) is 6.10 Å². The van der Waals surface area contributed by atoms with Crippen LogP contribution in [0.15, 0.2) is 24.3 Å². The predicted octanol–water partition coefficient (Wildman–Crippen LogP) is 2.21. The summed E-state index contributed by atoms with van der Waals surface area (Å²) in [6.07, 6.45) is -0.0352. The molecule has 2 atom stereocenters. The van der Waals surface area contributed by atoms with Gasteiger partial charge in [0.05, 0.1) is 12.7 Å². The maximum atomic E-state index is 11.1. The fourth-order valence-corrected chi connectivity index (χ4v) is 1.81.